The van der Waals surface area contributed by atoms with Crippen molar-refractivity contribution < 1.29 is 14.7 Å². The number of anilines is 2. The minimum absolute atomic E-state index is 0.172. The average Bonchev–Trinajstić information content (AvgIpc) is 2.81. The Hall–Kier alpha value is -2.86. The molecular weight excluding hydrogens is 390 g/mol. The third-order valence-corrected chi connectivity index (χ3v) is 6.54. The van der Waals surface area contributed by atoms with E-state index in [1.807, 2.05) is 30.3 Å². The van der Waals surface area contributed by atoms with E-state index in [0.29, 0.717) is 12.8 Å². The summed E-state index contributed by atoms with van der Waals surface area (Å²) in [4.78, 5) is 29.0. The van der Waals surface area contributed by atoms with Gasteiger partial charge in [0.25, 0.3) is 0 Å². The second-order valence-electron chi connectivity index (χ2n) is 8.62. The zero-order chi connectivity index (χ0) is 21.6. The van der Waals surface area contributed by atoms with Crippen LogP contribution in [0.2, 0.25) is 0 Å². The number of aliphatic carboxylic acids is 1. The molecule has 2 atom stereocenters. The number of rotatable bonds is 6. The maximum atomic E-state index is 12.7. The summed E-state index contributed by atoms with van der Waals surface area (Å²) in [5.41, 5.74) is 3.23. The molecule has 6 heteroatoms. The van der Waals surface area contributed by atoms with E-state index in [-0.39, 0.29) is 5.91 Å². The molecule has 6 nitrogen and oxygen atoms in total. The maximum absolute atomic E-state index is 12.7. The smallest absolute Gasteiger partial charge is 0.307 e. The van der Waals surface area contributed by atoms with Crippen LogP contribution >= 0.6 is 0 Å². The van der Waals surface area contributed by atoms with Crippen molar-refractivity contribution in [2.45, 2.75) is 32.2 Å². The number of carboxylic acids is 1. The molecule has 164 valence electrons. The van der Waals surface area contributed by atoms with Gasteiger partial charge in [-0.15, -0.1) is 0 Å². The van der Waals surface area contributed by atoms with Crippen LogP contribution in [0.3, 0.4) is 0 Å². The minimum Gasteiger partial charge on any atom is -0.481 e. The van der Waals surface area contributed by atoms with Gasteiger partial charge < -0.3 is 15.3 Å². The largest absolute Gasteiger partial charge is 0.481 e. The first kappa shape index (κ1) is 21.4. The van der Waals surface area contributed by atoms with Crippen molar-refractivity contribution in [3.8, 4) is 0 Å². The normalized spacial score (nSPS) is 22.1. The van der Waals surface area contributed by atoms with E-state index in [2.05, 4.69) is 39.4 Å². The van der Waals surface area contributed by atoms with Crippen LogP contribution in [0.25, 0.3) is 0 Å². The standard InChI is InChI=1S/C25H31N3O3/c29-24(22-8-4-5-9-23(22)25(30)31)26-20-10-12-21(13-11-20)28-16-14-27(15-17-28)18-19-6-2-1-3-7-19/h1-3,6-7,10-13,22-23H,4-5,8-9,14-18H2,(H,26,29)(H,30,31)/t22-,23-/m0/s1. The Kier molecular flexibility index (Phi) is 6.87. The first-order chi connectivity index (χ1) is 15.1. The Morgan fingerprint density at radius 1 is 0.871 bits per heavy atom. The Morgan fingerprint density at radius 2 is 1.52 bits per heavy atom. The number of benzene rings is 2. The van der Waals surface area contributed by atoms with Gasteiger partial charge in [-0.3, -0.25) is 14.5 Å². The Balaban J connectivity index is 1.29. The molecule has 0 bridgehead atoms. The van der Waals surface area contributed by atoms with Gasteiger partial charge in [0.05, 0.1) is 11.8 Å². The summed E-state index contributed by atoms with van der Waals surface area (Å²) >= 11 is 0. The lowest BCUT2D eigenvalue weighted by Gasteiger charge is -2.36. The van der Waals surface area contributed by atoms with Crippen LogP contribution in [-0.2, 0) is 16.1 Å². The fraction of sp³-hybridized carbons (Fsp3) is 0.440. The number of hydrogen-bond donors (Lipinski definition) is 2. The second-order valence-corrected chi connectivity index (χ2v) is 8.62. The Labute approximate surface area is 183 Å². The van der Waals surface area contributed by atoms with Gasteiger partial charge >= 0.3 is 5.97 Å². The van der Waals surface area contributed by atoms with E-state index >= 15 is 0 Å². The molecule has 31 heavy (non-hydrogen) atoms. The van der Waals surface area contributed by atoms with Crippen LogP contribution in [0.4, 0.5) is 11.4 Å². The molecule has 2 aromatic carbocycles. The molecule has 2 aromatic rings. The van der Waals surface area contributed by atoms with Gasteiger partial charge in [0.15, 0.2) is 0 Å². The van der Waals surface area contributed by atoms with E-state index in [0.717, 1.165) is 56.9 Å². The Morgan fingerprint density at radius 3 is 2.16 bits per heavy atom. The summed E-state index contributed by atoms with van der Waals surface area (Å²) in [7, 11) is 0. The van der Waals surface area contributed by atoms with Crippen LogP contribution in [0.5, 0.6) is 0 Å². The monoisotopic (exact) mass is 421 g/mol. The van der Waals surface area contributed by atoms with E-state index in [4.69, 9.17) is 0 Å². The van der Waals surface area contributed by atoms with Crippen molar-refractivity contribution in [2.24, 2.45) is 11.8 Å². The highest BCUT2D eigenvalue weighted by Crippen LogP contribution is 2.31. The lowest BCUT2D eigenvalue weighted by Crippen LogP contribution is -2.45. The maximum Gasteiger partial charge on any atom is 0.307 e. The van der Waals surface area contributed by atoms with Crippen molar-refractivity contribution in [1.29, 1.82) is 0 Å². The topological polar surface area (TPSA) is 72.9 Å². The number of hydrogen-bond acceptors (Lipinski definition) is 4. The molecule has 1 aliphatic heterocycles. The molecule has 1 saturated heterocycles. The lowest BCUT2D eigenvalue weighted by molar-refractivity contribution is -0.147. The minimum atomic E-state index is -0.860. The molecule has 1 heterocycles. The number of nitrogens with zero attached hydrogens (tertiary/aromatic N) is 2. The quantitative estimate of drug-likeness (QED) is 0.742. The second kappa shape index (κ2) is 9.96. The number of amides is 1. The summed E-state index contributed by atoms with van der Waals surface area (Å²) in [6, 6.07) is 18.5. The van der Waals surface area contributed by atoms with Crippen LogP contribution in [-0.4, -0.2) is 48.1 Å². The summed E-state index contributed by atoms with van der Waals surface area (Å²) in [6.45, 7) is 4.97. The highest BCUT2D eigenvalue weighted by molar-refractivity contribution is 5.95. The van der Waals surface area contributed by atoms with Crippen molar-refractivity contribution in [2.75, 3.05) is 36.4 Å². The van der Waals surface area contributed by atoms with Gasteiger partial charge in [-0.2, -0.15) is 0 Å². The number of nitrogens with one attached hydrogen (secondary N) is 1. The highest BCUT2D eigenvalue weighted by atomic mass is 16.4. The van der Waals surface area contributed by atoms with Crippen molar-refractivity contribution in [1.82, 2.24) is 4.90 Å². The van der Waals surface area contributed by atoms with Gasteiger partial charge in [0, 0.05) is 44.1 Å². The molecule has 2 N–H and O–H groups in total. The number of carboxylic acid groups (broad SMARTS) is 1. The predicted molar refractivity (Wildman–Crippen MR) is 122 cm³/mol. The summed E-state index contributed by atoms with van der Waals surface area (Å²) in [6.07, 6.45) is 3.03. The van der Waals surface area contributed by atoms with Gasteiger partial charge in [0.2, 0.25) is 5.91 Å². The molecule has 0 spiro atoms. The molecule has 2 aliphatic rings. The molecule has 1 amide bonds. The van der Waals surface area contributed by atoms with E-state index < -0.39 is 17.8 Å². The zero-order valence-corrected chi connectivity index (χ0v) is 17.9. The fourth-order valence-corrected chi connectivity index (χ4v) is 4.74. The zero-order valence-electron chi connectivity index (χ0n) is 17.9. The fourth-order valence-electron chi connectivity index (χ4n) is 4.74. The van der Waals surface area contributed by atoms with Crippen molar-refractivity contribution in [3.05, 3.63) is 60.2 Å². The first-order valence-corrected chi connectivity index (χ1v) is 11.2. The van der Waals surface area contributed by atoms with Gasteiger partial charge in [-0.05, 0) is 42.7 Å². The summed E-state index contributed by atoms with van der Waals surface area (Å²) in [5, 5.41) is 12.3. The number of carbonyl (C=O) groups is 2. The van der Waals surface area contributed by atoms with Crippen molar-refractivity contribution in [3.63, 3.8) is 0 Å². The number of piperazine rings is 1. The lowest BCUT2D eigenvalue weighted by atomic mass is 9.78. The van der Waals surface area contributed by atoms with E-state index in [1.54, 1.807) is 0 Å². The van der Waals surface area contributed by atoms with Crippen LogP contribution < -0.4 is 10.2 Å². The predicted octanol–water partition coefficient (Wildman–Crippen LogP) is 3.84. The molecule has 4 rings (SSSR count). The molecule has 1 aliphatic carbocycles. The van der Waals surface area contributed by atoms with E-state index in [1.165, 1.54) is 5.56 Å². The molecule has 2 fully saturated rings. The highest BCUT2D eigenvalue weighted by Gasteiger charge is 2.35. The Bertz CT molecular complexity index is 877. The van der Waals surface area contributed by atoms with E-state index in [9.17, 15) is 14.7 Å². The first-order valence-electron chi connectivity index (χ1n) is 11.2. The molecule has 0 radical (unpaired) electrons. The molecule has 0 aromatic heterocycles. The molecule has 1 saturated carbocycles. The SMILES string of the molecule is O=C(O)[C@H]1CCCC[C@@H]1C(=O)Nc1ccc(N2CCN(Cc3ccccc3)CC2)cc1. The van der Waals surface area contributed by atoms with Crippen LogP contribution in [0.1, 0.15) is 31.2 Å². The van der Waals surface area contributed by atoms with Gasteiger partial charge in [-0.25, -0.2) is 0 Å². The van der Waals surface area contributed by atoms with Crippen molar-refractivity contribution >= 4 is 23.3 Å². The van der Waals surface area contributed by atoms with Crippen LogP contribution in [0, 0.1) is 11.8 Å². The third kappa shape index (κ3) is 5.44. The van der Waals surface area contributed by atoms with Crippen LogP contribution in [0.15, 0.2) is 54.6 Å². The molecular formula is C25H31N3O3. The van der Waals surface area contributed by atoms with Gasteiger partial charge in [0.1, 0.15) is 0 Å². The summed E-state index contributed by atoms with van der Waals surface area (Å²) in [5.74, 6) is -2.04. The molecule has 0 unspecified atom stereocenters. The van der Waals surface area contributed by atoms with Gasteiger partial charge in [-0.1, -0.05) is 43.2 Å². The third-order valence-electron chi connectivity index (χ3n) is 6.54. The average molecular weight is 422 g/mol. The number of carbonyl (C=O) groups excluding carboxylic acids is 1. The summed E-state index contributed by atoms with van der Waals surface area (Å²) < 4.78 is 0.